The minimum atomic E-state index is -0.792. The first-order valence-electron chi connectivity index (χ1n) is 31.9. The number of esters is 3. The number of hydrogen-bond acceptors (Lipinski definition) is 6. The smallest absolute Gasteiger partial charge is 0.306 e. The first-order chi connectivity index (χ1) is 37.5. The maximum Gasteiger partial charge on any atom is 0.306 e. The van der Waals surface area contributed by atoms with Gasteiger partial charge < -0.3 is 14.2 Å². The number of carbonyl (C=O) groups excluding carboxylic acids is 3. The molecule has 76 heavy (non-hydrogen) atoms. The van der Waals surface area contributed by atoms with E-state index in [-0.39, 0.29) is 31.1 Å². The van der Waals surface area contributed by atoms with Gasteiger partial charge in [0.05, 0.1) is 0 Å². The number of rotatable bonds is 57. The topological polar surface area (TPSA) is 78.9 Å². The molecule has 0 aromatic heterocycles. The number of unbranched alkanes of at least 4 members (excludes halogenated alkanes) is 28. The Bertz CT molecular complexity index is 1540. The summed E-state index contributed by atoms with van der Waals surface area (Å²) in [6, 6.07) is 0. The third kappa shape index (κ3) is 60.9. The van der Waals surface area contributed by atoms with Gasteiger partial charge in [0, 0.05) is 19.3 Å². The molecule has 0 aromatic rings. The zero-order chi connectivity index (χ0) is 55.0. The lowest BCUT2D eigenvalue weighted by atomic mass is 10.0. The van der Waals surface area contributed by atoms with E-state index in [0.717, 1.165) is 122 Å². The van der Waals surface area contributed by atoms with E-state index in [1.165, 1.54) is 135 Å². The average Bonchev–Trinajstić information content (AvgIpc) is 3.42. The van der Waals surface area contributed by atoms with E-state index >= 15 is 0 Å². The largest absolute Gasteiger partial charge is 0.462 e. The van der Waals surface area contributed by atoms with Crippen molar-refractivity contribution in [3.05, 3.63) is 109 Å². The highest BCUT2D eigenvalue weighted by molar-refractivity contribution is 5.71. The molecule has 1 atom stereocenters. The molecular formula is C70H118O6. The van der Waals surface area contributed by atoms with Crippen LogP contribution in [0.5, 0.6) is 0 Å². The van der Waals surface area contributed by atoms with Crippen LogP contribution in [0.1, 0.15) is 297 Å². The van der Waals surface area contributed by atoms with Crippen LogP contribution in [-0.2, 0) is 28.6 Å². The Morgan fingerprint density at radius 2 is 0.513 bits per heavy atom. The standard InChI is InChI=1S/C70H118O6/c1-4-7-10-13-16-19-21-23-25-27-29-31-33-34-35-36-38-39-41-43-45-47-49-51-54-57-60-63-69(72)75-66-67(65-74-68(71)62-59-56-53-18-15-12-9-6-3)76-70(73)64-61-58-55-52-50-48-46-44-42-40-37-32-30-28-26-24-22-20-17-14-11-8-5-2/h8,11,17,20-21,23-24,26-27,29-30,32-34,40,42,46,48,67H,4-7,9-10,12-16,18-19,22,25,28,31,35-39,41,43-45,47,49-66H2,1-3H3/b11-8-,20-17-,23-21-,26-24-,29-27-,32-30-,34-33-,42-40-,48-46-. The van der Waals surface area contributed by atoms with Crippen molar-refractivity contribution in [3.8, 4) is 0 Å². The Balaban J connectivity index is 4.24. The molecule has 0 aliphatic heterocycles. The second-order valence-electron chi connectivity index (χ2n) is 20.9. The highest BCUT2D eigenvalue weighted by atomic mass is 16.6. The Morgan fingerprint density at radius 3 is 0.803 bits per heavy atom. The summed E-state index contributed by atoms with van der Waals surface area (Å²) in [7, 11) is 0. The lowest BCUT2D eigenvalue weighted by molar-refractivity contribution is -0.167. The third-order valence-corrected chi connectivity index (χ3v) is 13.5. The Morgan fingerprint density at radius 1 is 0.276 bits per heavy atom. The van der Waals surface area contributed by atoms with Crippen molar-refractivity contribution in [1.82, 2.24) is 0 Å². The van der Waals surface area contributed by atoms with Crippen molar-refractivity contribution in [2.45, 2.75) is 303 Å². The second kappa shape index (κ2) is 63.6. The van der Waals surface area contributed by atoms with Crippen molar-refractivity contribution < 1.29 is 28.6 Å². The fourth-order valence-corrected chi connectivity index (χ4v) is 8.75. The zero-order valence-corrected chi connectivity index (χ0v) is 49.7. The SMILES string of the molecule is CC/C=C\C/C=C\C/C=C\C/C=C\C/C=C\C/C=C\CCCCCCC(=O)OC(COC(=O)CCCCCCCCCC)COC(=O)CCCCCCCCCCCCCC/C=C\C/C=C\C/C=C\CCCCCCC. The normalized spacial score (nSPS) is 12.8. The molecule has 0 radical (unpaired) electrons. The molecule has 0 N–H and O–H groups in total. The lowest BCUT2D eigenvalue weighted by Gasteiger charge is -2.18. The summed E-state index contributed by atoms with van der Waals surface area (Å²) in [6.45, 7) is 6.48. The molecule has 0 bridgehead atoms. The van der Waals surface area contributed by atoms with Crippen LogP contribution in [0.25, 0.3) is 0 Å². The summed E-state index contributed by atoms with van der Waals surface area (Å²) in [5.74, 6) is -0.915. The van der Waals surface area contributed by atoms with Crippen molar-refractivity contribution in [2.24, 2.45) is 0 Å². The second-order valence-corrected chi connectivity index (χ2v) is 20.9. The van der Waals surface area contributed by atoms with Crippen LogP contribution in [0.4, 0.5) is 0 Å². The molecule has 0 aliphatic carbocycles. The van der Waals surface area contributed by atoms with Gasteiger partial charge >= 0.3 is 17.9 Å². The van der Waals surface area contributed by atoms with Crippen LogP contribution >= 0.6 is 0 Å². The summed E-state index contributed by atoms with van der Waals surface area (Å²) in [6.07, 6.45) is 86.8. The molecule has 0 saturated heterocycles. The van der Waals surface area contributed by atoms with E-state index in [0.29, 0.717) is 19.3 Å². The van der Waals surface area contributed by atoms with Crippen LogP contribution in [0.2, 0.25) is 0 Å². The van der Waals surface area contributed by atoms with Gasteiger partial charge in [-0.3, -0.25) is 14.4 Å². The van der Waals surface area contributed by atoms with E-state index in [2.05, 4.69) is 130 Å². The van der Waals surface area contributed by atoms with Gasteiger partial charge in [-0.25, -0.2) is 0 Å². The molecule has 0 aliphatic rings. The first-order valence-corrected chi connectivity index (χ1v) is 31.9. The summed E-state index contributed by atoms with van der Waals surface area (Å²) in [5, 5.41) is 0. The summed E-state index contributed by atoms with van der Waals surface area (Å²) in [4.78, 5) is 38.1. The Hall–Kier alpha value is -3.93. The molecule has 0 spiro atoms. The van der Waals surface area contributed by atoms with Crippen molar-refractivity contribution in [1.29, 1.82) is 0 Å². The van der Waals surface area contributed by atoms with E-state index in [4.69, 9.17) is 14.2 Å². The molecule has 6 nitrogen and oxygen atoms in total. The highest BCUT2D eigenvalue weighted by Crippen LogP contribution is 2.16. The lowest BCUT2D eigenvalue weighted by Crippen LogP contribution is -2.30. The van der Waals surface area contributed by atoms with E-state index in [9.17, 15) is 14.4 Å². The zero-order valence-electron chi connectivity index (χ0n) is 49.7. The number of ether oxygens (including phenoxy) is 3. The predicted octanol–water partition coefficient (Wildman–Crippen LogP) is 21.8. The molecule has 0 saturated carbocycles. The van der Waals surface area contributed by atoms with Crippen LogP contribution in [0.15, 0.2) is 109 Å². The van der Waals surface area contributed by atoms with Gasteiger partial charge in [0.25, 0.3) is 0 Å². The molecule has 0 rings (SSSR count). The van der Waals surface area contributed by atoms with Gasteiger partial charge in [-0.2, -0.15) is 0 Å². The first kappa shape index (κ1) is 72.1. The van der Waals surface area contributed by atoms with Crippen LogP contribution < -0.4 is 0 Å². The maximum atomic E-state index is 12.9. The molecule has 6 heteroatoms. The van der Waals surface area contributed by atoms with E-state index < -0.39 is 6.10 Å². The fourth-order valence-electron chi connectivity index (χ4n) is 8.75. The Kier molecular flexibility index (Phi) is 60.3. The molecule has 434 valence electrons. The van der Waals surface area contributed by atoms with Crippen LogP contribution in [0.3, 0.4) is 0 Å². The van der Waals surface area contributed by atoms with Gasteiger partial charge in [0.1, 0.15) is 13.2 Å². The predicted molar refractivity (Wildman–Crippen MR) is 330 cm³/mol. The van der Waals surface area contributed by atoms with Crippen molar-refractivity contribution >= 4 is 17.9 Å². The minimum Gasteiger partial charge on any atom is -0.462 e. The van der Waals surface area contributed by atoms with Gasteiger partial charge in [-0.05, 0) is 109 Å². The number of carbonyl (C=O) groups is 3. The highest BCUT2D eigenvalue weighted by Gasteiger charge is 2.19. The monoisotopic (exact) mass is 1050 g/mol. The van der Waals surface area contributed by atoms with Crippen molar-refractivity contribution in [3.63, 3.8) is 0 Å². The molecule has 0 heterocycles. The van der Waals surface area contributed by atoms with E-state index in [1.807, 2.05) is 0 Å². The van der Waals surface area contributed by atoms with Crippen LogP contribution in [0, 0.1) is 0 Å². The number of allylic oxidation sites excluding steroid dienone is 18. The maximum absolute atomic E-state index is 12.9. The van der Waals surface area contributed by atoms with Gasteiger partial charge in [0.15, 0.2) is 6.10 Å². The van der Waals surface area contributed by atoms with Crippen molar-refractivity contribution in [2.75, 3.05) is 13.2 Å². The van der Waals surface area contributed by atoms with Gasteiger partial charge in [0.2, 0.25) is 0 Å². The van der Waals surface area contributed by atoms with E-state index in [1.54, 1.807) is 0 Å². The summed E-state index contributed by atoms with van der Waals surface area (Å²) in [5.41, 5.74) is 0. The summed E-state index contributed by atoms with van der Waals surface area (Å²) >= 11 is 0. The number of hydrogen-bond donors (Lipinski definition) is 0. The molecule has 1 unspecified atom stereocenters. The molecule has 0 amide bonds. The Labute approximate surface area is 470 Å². The van der Waals surface area contributed by atoms with Crippen LogP contribution in [-0.4, -0.2) is 37.2 Å². The van der Waals surface area contributed by atoms with Gasteiger partial charge in [-0.1, -0.05) is 278 Å². The third-order valence-electron chi connectivity index (χ3n) is 13.5. The van der Waals surface area contributed by atoms with Gasteiger partial charge in [-0.15, -0.1) is 0 Å². The molecule has 0 fully saturated rings. The minimum absolute atomic E-state index is 0.0886. The summed E-state index contributed by atoms with van der Waals surface area (Å²) < 4.78 is 16.8. The molecular weight excluding hydrogens is 937 g/mol. The quantitative estimate of drug-likeness (QED) is 0.0261. The molecule has 0 aromatic carbocycles. The average molecular weight is 1060 g/mol. The fraction of sp³-hybridized carbons (Fsp3) is 0.700.